The van der Waals surface area contributed by atoms with Crippen LogP contribution in [0.1, 0.15) is 32.3 Å². The van der Waals surface area contributed by atoms with Crippen LogP contribution in [0.2, 0.25) is 5.02 Å². The van der Waals surface area contributed by atoms with E-state index in [4.69, 9.17) is 11.6 Å². The third kappa shape index (κ3) is 2.96. The molecule has 0 aromatic heterocycles. The van der Waals surface area contributed by atoms with Crippen molar-refractivity contribution in [3.63, 3.8) is 0 Å². The molecule has 2 unspecified atom stereocenters. The summed E-state index contributed by atoms with van der Waals surface area (Å²) in [5.41, 5.74) is 1.68. The smallest absolute Gasteiger partial charge is 0.0406 e. The summed E-state index contributed by atoms with van der Waals surface area (Å²) >= 11 is 5.95. The van der Waals surface area contributed by atoms with Crippen molar-refractivity contribution in [2.45, 2.75) is 44.8 Å². The van der Waals surface area contributed by atoms with Gasteiger partial charge in [0.05, 0.1) is 0 Å². The number of rotatable bonds is 3. The molecule has 2 fully saturated rings. The van der Waals surface area contributed by atoms with E-state index in [0.717, 1.165) is 30.6 Å². The first-order valence-corrected chi connectivity index (χ1v) is 7.68. The predicted octanol–water partition coefficient (Wildman–Crippen LogP) is 3.30. The summed E-state index contributed by atoms with van der Waals surface area (Å²) in [6.07, 6.45) is 2.79. The lowest BCUT2D eigenvalue weighted by atomic mass is 9.91. The molecular weight excluding hydrogens is 256 g/mol. The summed E-state index contributed by atoms with van der Waals surface area (Å²) in [5.74, 6) is 0.882. The molecule has 104 valence electrons. The number of halogens is 1. The number of piperazine rings is 1. The maximum absolute atomic E-state index is 5.95. The van der Waals surface area contributed by atoms with E-state index in [1.165, 1.54) is 18.4 Å². The SMILES string of the molecule is CC1CNC(C)(C2CC2)CN1Cc1ccc(Cl)cc1. The molecule has 1 heterocycles. The molecule has 1 aromatic carbocycles. The second-order valence-electron chi connectivity index (χ2n) is 6.45. The van der Waals surface area contributed by atoms with Gasteiger partial charge in [0.25, 0.3) is 0 Å². The summed E-state index contributed by atoms with van der Waals surface area (Å²) in [5, 5.41) is 4.59. The normalized spacial score (nSPS) is 32.5. The lowest BCUT2D eigenvalue weighted by Crippen LogP contribution is -2.62. The Morgan fingerprint density at radius 3 is 2.63 bits per heavy atom. The highest BCUT2D eigenvalue weighted by atomic mass is 35.5. The van der Waals surface area contributed by atoms with Crippen molar-refractivity contribution in [2.24, 2.45) is 5.92 Å². The van der Waals surface area contributed by atoms with Crippen LogP contribution >= 0.6 is 11.6 Å². The number of hydrogen-bond acceptors (Lipinski definition) is 2. The maximum atomic E-state index is 5.95. The van der Waals surface area contributed by atoms with E-state index in [1.54, 1.807) is 0 Å². The van der Waals surface area contributed by atoms with Crippen LogP contribution in [0.5, 0.6) is 0 Å². The molecule has 3 heteroatoms. The Labute approximate surface area is 121 Å². The van der Waals surface area contributed by atoms with Crippen molar-refractivity contribution in [1.29, 1.82) is 0 Å². The highest BCUT2D eigenvalue weighted by Crippen LogP contribution is 2.41. The van der Waals surface area contributed by atoms with Gasteiger partial charge in [0, 0.05) is 36.2 Å². The maximum Gasteiger partial charge on any atom is 0.0406 e. The van der Waals surface area contributed by atoms with E-state index in [1.807, 2.05) is 12.1 Å². The van der Waals surface area contributed by atoms with Gasteiger partial charge in [-0.2, -0.15) is 0 Å². The molecule has 1 aliphatic carbocycles. The highest BCUT2D eigenvalue weighted by molar-refractivity contribution is 6.30. The Bertz CT molecular complexity index is 441. The van der Waals surface area contributed by atoms with Crippen LogP contribution in [0.15, 0.2) is 24.3 Å². The number of nitrogens with zero attached hydrogens (tertiary/aromatic N) is 1. The third-order valence-electron chi connectivity index (χ3n) is 4.73. The van der Waals surface area contributed by atoms with Gasteiger partial charge in [-0.15, -0.1) is 0 Å². The van der Waals surface area contributed by atoms with E-state index in [-0.39, 0.29) is 0 Å². The zero-order valence-electron chi connectivity index (χ0n) is 11.8. The molecule has 0 radical (unpaired) electrons. The Kier molecular flexibility index (Phi) is 3.59. The van der Waals surface area contributed by atoms with Crippen molar-refractivity contribution < 1.29 is 0 Å². The molecule has 1 aromatic rings. The number of hydrogen-bond donors (Lipinski definition) is 1. The molecule has 1 saturated heterocycles. The molecule has 1 N–H and O–H groups in total. The zero-order chi connectivity index (χ0) is 13.5. The van der Waals surface area contributed by atoms with Gasteiger partial charge in [-0.05, 0) is 50.3 Å². The van der Waals surface area contributed by atoms with Gasteiger partial charge in [0.15, 0.2) is 0 Å². The molecule has 2 atom stereocenters. The van der Waals surface area contributed by atoms with Crippen molar-refractivity contribution >= 4 is 11.6 Å². The highest BCUT2D eigenvalue weighted by Gasteiger charge is 2.45. The van der Waals surface area contributed by atoms with E-state index < -0.39 is 0 Å². The molecule has 2 aliphatic rings. The van der Waals surface area contributed by atoms with Gasteiger partial charge in [0.2, 0.25) is 0 Å². The van der Waals surface area contributed by atoms with Crippen molar-refractivity contribution in [3.05, 3.63) is 34.9 Å². The first-order valence-electron chi connectivity index (χ1n) is 7.30. The van der Waals surface area contributed by atoms with Gasteiger partial charge < -0.3 is 5.32 Å². The summed E-state index contributed by atoms with van der Waals surface area (Å²) in [7, 11) is 0. The van der Waals surface area contributed by atoms with E-state index in [0.29, 0.717) is 11.6 Å². The van der Waals surface area contributed by atoms with Crippen LogP contribution in [0.25, 0.3) is 0 Å². The third-order valence-corrected chi connectivity index (χ3v) is 4.99. The average molecular weight is 279 g/mol. The fraction of sp³-hybridized carbons (Fsp3) is 0.625. The van der Waals surface area contributed by atoms with Gasteiger partial charge in [-0.3, -0.25) is 4.90 Å². The van der Waals surface area contributed by atoms with Crippen LogP contribution in [0.3, 0.4) is 0 Å². The van der Waals surface area contributed by atoms with E-state index in [9.17, 15) is 0 Å². The molecule has 2 nitrogen and oxygen atoms in total. The average Bonchev–Trinajstić information content (AvgIpc) is 3.21. The topological polar surface area (TPSA) is 15.3 Å². The molecule has 0 bridgehead atoms. The van der Waals surface area contributed by atoms with Gasteiger partial charge >= 0.3 is 0 Å². The minimum atomic E-state index is 0.318. The lowest BCUT2D eigenvalue weighted by molar-refractivity contribution is 0.0770. The Morgan fingerprint density at radius 2 is 2.00 bits per heavy atom. The Hall–Kier alpha value is -0.570. The summed E-state index contributed by atoms with van der Waals surface area (Å²) < 4.78 is 0. The summed E-state index contributed by atoms with van der Waals surface area (Å²) in [6.45, 7) is 7.99. The van der Waals surface area contributed by atoms with Crippen LogP contribution in [-0.2, 0) is 6.54 Å². The van der Waals surface area contributed by atoms with Crippen LogP contribution in [0.4, 0.5) is 0 Å². The standard InChI is InChI=1S/C16H23ClN2/c1-12-9-18-16(2,14-5-6-14)11-19(12)10-13-3-7-15(17)8-4-13/h3-4,7-8,12,14,18H,5-6,9-11H2,1-2H3. The fourth-order valence-corrected chi connectivity index (χ4v) is 3.30. The van der Waals surface area contributed by atoms with Crippen molar-refractivity contribution in [2.75, 3.05) is 13.1 Å². The van der Waals surface area contributed by atoms with Crippen molar-refractivity contribution in [3.8, 4) is 0 Å². The zero-order valence-corrected chi connectivity index (χ0v) is 12.6. The summed E-state index contributed by atoms with van der Waals surface area (Å²) in [4.78, 5) is 2.61. The van der Waals surface area contributed by atoms with Crippen molar-refractivity contribution in [1.82, 2.24) is 10.2 Å². The number of nitrogens with one attached hydrogen (secondary N) is 1. The number of benzene rings is 1. The monoisotopic (exact) mass is 278 g/mol. The first kappa shape index (κ1) is 13.4. The quantitative estimate of drug-likeness (QED) is 0.913. The molecule has 3 rings (SSSR count). The molecule has 0 spiro atoms. The van der Waals surface area contributed by atoms with E-state index in [2.05, 4.69) is 36.2 Å². The molecule has 1 saturated carbocycles. The Balaban J connectivity index is 1.69. The second-order valence-corrected chi connectivity index (χ2v) is 6.89. The van der Waals surface area contributed by atoms with Crippen LogP contribution in [0, 0.1) is 5.92 Å². The lowest BCUT2D eigenvalue weighted by Gasteiger charge is -2.45. The van der Waals surface area contributed by atoms with Gasteiger partial charge in [-0.25, -0.2) is 0 Å². The van der Waals surface area contributed by atoms with Crippen LogP contribution in [-0.4, -0.2) is 29.6 Å². The van der Waals surface area contributed by atoms with E-state index >= 15 is 0 Å². The predicted molar refractivity (Wildman–Crippen MR) is 80.5 cm³/mol. The second kappa shape index (κ2) is 5.08. The Morgan fingerprint density at radius 1 is 1.32 bits per heavy atom. The molecule has 19 heavy (non-hydrogen) atoms. The molecular formula is C16H23ClN2. The minimum absolute atomic E-state index is 0.318. The molecule has 1 aliphatic heterocycles. The van der Waals surface area contributed by atoms with Crippen LogP contribution < -0.4 is 5.32 Å². The first-order chi connectivity index (χ1) is 9.07. The van der Waals surface area contributed by atoms with Gasteiger partial charge in [-0.1, -0.05) is 23.7 Å². The summed E-state index contributed by atoms with van der Waals surface area (Å²) in [6, 6.07) is 8.87. The minimum Gasteiger partial charge on any atom is -0.308 e. The largest absolute Gasteiger partial charge is 0.308 e. The molecule has 0 amide bonds. The van der Waals surface area contributed by atoms with Gasteiger partial charge in [0.1, 0.15) is 0 Å². The fourth-order valence-electron chi connectivity index (χ4n) is 3.17.